The number of anilines is 1. The summed E-state index contributed by atoms with van der Waals surface area (Å²) in [6, 6.07) is 7.82. The van der Waals surface area contributed by atoms with Gasteiger partial charge in [-0.25, -0.2) is 0 Å². The van der Waals surface area contributed by atoms with Crippen LogP contribution in [0.4, 0.5) is 5.69 Å². The molecule has 56 valence electrons. The fourth-order valence-corrected chi connectivity index (χ4v) is 1.03. The zero-order valence-corrected chi connectivity index (χ0v) is 8.68. The van der Waals surface area contributed by atoms with Gasteiger partial charge < -0.3 is 5.73 Å². The van der Waals surface area contributed by atoms with Crippen molar-refractivity contribution in [3.63, 3.8) is 0 Å². The third kappa shape index (κ3) is 2.71. The quantitative estimate of drug-likeness (QED) is 0.614. The molecule has 0 radical (unpaired) electrons. The molecular weight excluding hydrogens is 258 g/mol. The van der Waals surface area contributed by atoms with Crippen molar-refractivity contribution in [2.45, 2.75) is 5.33 Å². The molecule has 1 rings (SSSR count). The molecule has 0 atom stereocenters. The lowest BCUT2D eigenvalue weighted by Crippen LogP contribution is -1.84. The van der Waals surface area contributed by atoms with E-state index in [0.29, 0.717) is 0 Å². The number of halogens is 2. The van der Waals surface area contributed by atoms with Crippen LogP contribution < -0.4 is 5.73 Å². The van der Waals surface area contributed by atoms with Gasteiger partial charge in [0.05, 0.1) is 0 Å². The number of nitrogens with two attached hydrogens (primary N) is 1. The van der Waals surface area contributed by atoms with Crippen LogP contribution in [0.5, 0.6) is 0 Å². The fraction of sp³-hybridized carbons (Fsp3) is 0.143. The van der Waals surface area contributed by atoms with Crippen LogP contribution in [0, 0.1) is 0 Å². The fourth-order valence-electron chi connectivity index (χ4n) is 0.676. The molecule has 0 aliphatic heterocycles. The van der Waals surface area contributed by atoms with E-state index in [1.54, 1.807) is 0 Å². The highest BCUT2D eigenvalue weighted by atomic mass is 79.9. The Morgan fingerprint density at radius 2 is 2.10 bits per heavy atom. The van der Waals surface area contributed by atoms with Gasteiger partial charge in [-0.05, 0) is 17.7 Å². The van der Waals surface area contributed by atoms with Gasteiger partial charge in [-0.3, -0.25) is 0 Å². The molecule has 1 aromatic carbocycles. The van der Waals surface area contributed by atoms with Crippen LogP contribution in [0.1, 0.15) is 5.56 Å². The molecular formula is C7H9Br2N. The second-order valence-electron chi connectivity index (χ2n) is 1.88. The number of alkyl halides is 1. The third-order valence-electron chi connectivity index (χ3n) is 1.11. The van der Waals surface area contributed by atoms with E-state index >= 15 is 0 Å². The van der Waals surface area contributed by atoms with Gasteiger partial charge in [0.1, 0.15) is 0 Å². The Hall–Kier alpha value is -0.0200. The first-order valence-electron chi connectivity index (χ1n) is 2.73. The molecule has 0 bridgehead atoms. The molecule has 0 aliphatic carbocycles. The van der Waals surface area contributed by atoms with E-state index in [0.717, 1.165) is 11.0 Å². The van der Waals surface area contributed by atoms with Gasteiger partial charge >= 0.3 is 0 Å². The molecule has 0 unspecified atom stereocenters. The zero-order chi connectivity index (χ0) is 6.69. The number of rotatable bonds is 1. The van der Waals surface area contributed by atoms with Crippen molar-refractivity contribution < 1.29 is 0 Å². The average molecular weight is 267 g/mol. The van der Waals surface area contributed by atoms with Crippen molar-refractivity contribution >= 4 is 38.6 Å². The molecule has 10 heavy (non-hydrogen) atoms. The number of nitrogen functional groups attached to an aromatic ring is 1. The van der Waals surface area contributed by atoms with Crippen molar-refractivity contribution in [1.82, 2.24) is 0 Å². The van der Waals surface area contributed by atoms with Crippen molar-refractivity contribution in [3.05, 3.63) is 29.8 Å². The summed E-state index contributed by atoms with van der Waals surface area (Å²) < 4.78 is 0. The number of hydrogen-bond acceptors (Lipinski definition) is 1. The Balaban J connectivity index is 0.000000810. The second kappa shape index (κ2) is 4.74. The average Bonchev–Trinajstić information content (AvgIpc) is 1.88. The Morgan fingerprint density at radius 3 is 2.50 bits per heavy atom. The molecule has 0 saturated heterocycles. The molecule has 0 heterocycles. The van der Waals surface area contributed by atoms with Crippen molar-refractivity contribution in [3.8, 4) is 0 Å². The minimum Gasteiger partial charge on any atom is -0.399 e. The Kier molecular flexibility index (Phi) is 4.73. The van der Waals surface area contributed by atoms with E-state index in [1.165, 1.54) is 5.56 Å². The molecule has 2 N–H and O–H groups in total. The summed E-state index contributed by atoms with van der Waals surface area (Å²) in [5.74, 6) is 0. The van der Waals surface area contributed by atoms with Gasteiger partial charge in [-0.15, -0.1) is 17.0 Å². The Morgan fingerprint density at radius 1 is 1.40 bits per heavy atom. The van der Waals surface area contributed by atoms with Crippen LogP contribution in [-0.2, 0) is 5.33 Å². The molecule has 1 nitrogen and oxygen atoms in total. The largest absolute Gasteiger partial charge is 0.399 e. The van der Waals surface area contributed by atoms with Crippen LogP contribution in [0.15, 0.2) is 24.3 Å². The maximum absolute atomic E-state index is 5.51. The van der Waals surface area contributed by atoms with E-state index in [9.17, 15) is 0 Å². The third-order valence-corrected chi connectivity index (χ3v) is 1.75. The zero-order valence-electron chi connectivity index (χ0n) is 5.38. The highest BCUT2D eigenvalue weighted by Crippen LogP contribution is 2.08. The number of benzene rings is 1. The van der Waals surface area contributed by atoms with Crippen LogP contribution in [0.25, 0.3) is 0 Å². The molecule has 0 aromatic heterocycles. The molecule has 0 spiro atoms. The van der Waals surface area contributed by atoms with Crippen molar-refractivity contribution in [2.75, 3.05) is 5.73 Å². The van der Waals surface area contributed by atoms with E-state index in [-0.39, 0.29) is 17.0 Å². The molecule has 3 heteroatoms. The van der Waals surface area contributed by atoms with Crippen LogP contribution in [0.2, 0.25) is 0 Å². The van der Waals surface area contributed by atoms with Crippen LogP contribution in [-0.4, -0.2) is 0 Å². The summed E-state index contributed by atoms with van der Waals surface area (Å²) in [4.78, 5) is 0. The minimum atomic E-state index is 0. The molecule has 0 saturated carbocycles. The van der Waals surface area contributed by atoms with Gasteiger partial charge in [0, 0.05) is 11.0 Å². The molecule has 0 aliphatic rings. The molecule has 1 aromatic rings. The van der Waals surface area contributed by atoms with E-state index < -0.39 is 0 Å². The van der Waals surface area contributed by atoms with Gasteiger partial charge in [-0.1, -0.05) is 28.1 Å². The lowest BCUT2D eigenvalue weighted by Gasteiger charge is -1.94. The summed E-state index contributed by atoms with van der Waals surface area (Å²) in [6.45, 7) is 0. The normalized spacial score (nSPS) is 8.50. The monoisotopic (exact) mass is 265 g/mol. The lowest BCUT2D eigenvalue weighted by atomic mass is 10.2. The van der Waals surface area contributed by atoms with E-state index in [4.69, 9.17) is 5.73 Å². The SMILES string of the molecule is Br.Nc1cccc(CBr)c1. The van der Waals surface area contributed by atoms with Crippen LogP contribution in [0.3, 0.4) is 0 Å². The topological polar surface area (TPSA) is 26.0 Å². The van der Waals surface area contributed by atoms with E-state index in [1.807, 2.05) is 24.3 Å². The van der Waals surface area contributed by atoms with Gasteiger partial charge in [0.15, 0.2) is 0 Å². The summed E-state index contributed by atoms with van der Waals surface area (Å²) in [6.07, 6.45) is 0. The second-order valence-corrected chi connectivity index (χ2v) is 2.44. The summed E-state index contributed by atoms with van der Waals surface area (Å²) >= 11 is 3.34. The number of hydrogen-bond donors (Lipinski definition) is 1. The highest BCUT2D eigenvalue weighted by Gasteiger charge is 1.87. The van der Waals surface area contributed by atoms with Crippen molar-refractivity contribution in [2.24, 2.45) is 0 Å². The van der Waals surface area contributed by atoms with Crippen molar-refractivity contribution in [1.29, 1.82) is 0 Å². The lowest BCUT2D eigenvalue weighted by molar-refractivity contribution is 1.44. The maximum atomic E-state index is 5.51. The first-order valence-corrected chi connectivity index (χ1v) is 3.85. The predicted molar refractivity (Wildman–Crippen MR) is 53.8 cm³/mol. The first kappa shape index (κ1) is 9.98. The van der Waals surface area contributed by atoms with E-state index in [2.05, 4.69) is 15.9 Å². The summed E-state index contributed by atoms with van der Waals surface area (Å²) in [7, 11) is 0. The Bertz CT molecular complexity index is 201. The maximum Gasteiger partial charge on any atom is 0.0317 e. The Labute approximate surface area is 79.5 Å². The molecule has 0 fully saturated rings. The predicted octanol–water partition coefficient (Wildman–Crippen LogP) is 2.74. The first-order chi connectivity index (χ1) is 4.33. The standard InChI is InChI=1S/C7H8BrN.BrH/c8-5-6-2-1-3-7(9)4-6;/h1-4H,5,9H2;1H. The van der Waals surface area contributed by atoms with Gasteiger partial charge in [0.2, 0.25) is 0 Å². The highest BCUT2D eigenvalue weighted by molar-refractivity contribution is 9.08. The summed E-state index contributed by atoms with van der Waals surface area (Å²) in [5, 5.41) is 0.873. The minimum absolute atomic E-state index is 0. The van der Waals surface area contributed by atoms with Gasteiger partial charge in [-0.2, -0.15) is 0 Å². The van der Waals surface area contributed by atoms with Crippen LogP contribution >= 0.6 is 32.9 Å². The summed E-state index contributed by atoms with van der Waals surface area (Å²) in [5.41, 5.74) is 7.56. The smallest absolute Gasteiger partial charge is 0.0317 e. The molecule has 0 amide bonds. The van der Waals surface area contributed by atoms with Gasteiger partial charge in [0.25, 0.3) is 0 Å².